The fourth-order valence-corrected chi connectivity index (χ4v) is 6.34. The van der Waals surface area contributed by atoms with E-state index in [1.807, 2.05) is 6.07 Å². The Bertz CT molecular complexity index is 924. The van der Waals surface area contributed by atoms with Gasteiger partial charge in [-0.2, -0.15) is 0 Å². The maximum atomic E-state index is 9.97. The molecule has 1 atom stereocenters. The van der Waals surface area contributed by atoms with E-state index in [2.05, 4.69) is 28.9 Å². The van der Waals surface area contributed by atoms with Crippen LogP contribution in [0.15, 0.2) is 18.2 Å². The smallest absolute Gasteiger partial charge is 0.231 e. The first kappa shape index (κ1) is 20.3. The van der Waals surface area contributed by atoms with E-state index < -0.39 is 10.8 Å². The van der Waals surface area contributed by atoms with Crippen molar-refractivity contribution >= 4 is 27.2 Å². The van der Waals surface area contributed by atoms with Crippen molar-refractivity contribution in [2.75, 3.05) is 50.7 Å². The third-order valence-corrected chi connectivity index (χ3v) is 8.62. The number of benzene rings is 1. The Morgan fingerprint density at radius 1 is 1.10 bits per heavy atom. The Morgan fingerprint density at radius 2 is 1.87 bits per heavy atom. The maximum absolute atomic E-state index is 9.97. The molecule has 0 unspecified atom stereocenters. The highest BCUT2D eigenvalue weighted by atomic mass is 32.3. The minimum absolute atomic E-state index is 0.304. The van der Waals surface area contributed by atoms with E-state index in [0.717, 1.165) is 59.8 Å². The minimum Gasteiger partial charge on any atom is -0.454 e. The number of fused-ring (bicyclic) bond motifs is 2. The van der Waals surface area contributed by atoms with E-state index in [1.54, 1.807) is 15.6 Å². The second-order valence-corrected chi connectivity index (χ2v) is 11.2. The molecule has 5 rings (SSSR count). The molecule has 3 aliphatic rings. The summed E-state index contributed by atoms with van der Waals surface area (Å²) in [4.78, 5) is 10.9. The van der Waals surface area contributed by atoms with Crippen molar-refractivity contribution in [3.8, 4) is 11.5 Å². The van der Waals surface area contributed by atoms with Gasteiger partial charge in [-0.05, 0) is 24.6 Å². The van der Waals surface area contributed by atoms with Gasteiger partial charge in [0.1, 0.15) is 0 Å². The number of hydrogen-bond donors (Lipinski definition) is 2. The van der Waals surface area contributed by atoms with Crippen molar-refractivity contribution in [2.45, 2.75) is 25.9 Å². The molecular weight excluding hydrogens is 424 g/mol. The zero-order valence-corrected chi connectivity index (χ0v) is 18.9. The average molecular weight is 453 g/mol. The standard InChI is InChI=1S/C20H28N4O4S2/c1-14(15-3-4-17-18(11-15)28-13-27-17)22-7-9-23(10-8-22)20-21-16-5-6-24(30(2,25)26)12-19(16)29-20/h3-4,11,14,25-26H,5-10,12-13H2,1-2H3/t14-/m0/s1. The van der Waals surface area contributed by atoms with Gasteiger partial charge in [0, 0.05) is 56.3 Å². The first-order valence-electron chi connectivity index (χ1n) is 10.2. The highest BCUT2D eigenvalue weighted by Crippen LogP contribution is 2.44. The first-order valence-corrected chi connectivity index (χ1v) is 13.0. The second kappa shape index (κ2) is 7.85. The summed E-state index contributed by atoms with van der Waals surface area (Å²) in [7, 11) is -2.66. The van der Waals surface area contributed by atoms with E-state index >= 15 is 0 Å². The Labute approximate surface area is 182 Å². The van der Waals surface area contributed by atoms with E-state index in [9.17, 15) is 9.11 Å². The van der Waals surface area contributed by atoms with Crippen LogP contribution in [0.2, 0.25) is 0 Å². The molecule has 8 nitrogen and oxygen atoms in total. The Morgan fingerprint density at radius 3 is 2.63 bits per heavy atom. The molecule has 0 radical (unpaired) electrons. The summed E-state index contributed by atoms with van der Waals surface area (Å²) in [5.74, 6) is 1.66. The van der Waals surface area contributed by atoms with Crippen LogP contribution in [0.4, 0.5) is 5.13 Å². The number of aromatic nitrogens is 1. The van der Waals surface area contributed by atoms with Gasteiger partial charge in [-0.15, -0.1) is 22.1 Å². The number of anilines is 1. The average Bonchev–Trinajstić information content (AvgIpc) is 3.38. The van der Waals surface area contributed by atoms with Crippen LogP contribution < -0.4 is 14.4 Å². The molecule has 1 aromatic heterocycles. The van der Waals surface area contributed by atoms with Crippen molar-refractivity contribution in [2.24, 2.45) is 0 Å². The molecule has 30 heavy (non-hydrogen) atoms. The molecule has 1 fully saturated rings. The quantitative estimate of drug-likeness (QED) is 0.731. The molecular formula is C20H28N4O4S2. The third kappa shape index (κ3) is 3.88. The molecule has 0 spiro atoms. The van der Waals surface area contributed by atoms with Gasteiger partial charge in [-0.25, -0.2) is 9.29 Å². The van der Waals surface area contributed by atoms with Gasteiger partial charge in [0.15, 0.2) is 16.6 Å². The summed E-state index contributed by atoms with van der Waals surface area (Å²) in [6.07, 6.45) is 2.27. The molecule has 2 N–H and O–H groups in total. The Kier molecular flexibility index (Phi) is 5.32. The molecule has 0 bridgehead atoms. The molecule has 0 saturated carbocycles. The predicted molar refractivity (Wildman–Crippen MR) is 120 cm³/mol. The van der Waals surface area contributed by atoms with Gasteiger partial charge >= 0.3 is 0 Å². The van der Waals surface area contributed by atoms with Crippen LogP contribution in [0, 0.1) is 0 Å². The molecule has 164 valence electrons. The number of ether oxygens (including phenoxy) is 2. The minimum atomic E-state index is -2.66. The highest BCUT2D eigenvalue weighted by Gasteiger charge is 2.29. The number of hydrogen-bond acceptors (Lipinski definition) is 9. The fourth-order valence-electron chi connectivity index (χ4n) is 4.27. The van der Waals surface area contributed by atoms with Crippen molar-refractivity contribution < 1.29 is 18.6 Å². The van der Waals surface area contributed by atoms with Crippen molar-refractivity contribution in [3.05, 3.63) is 34.3 Å². The Balaban J connectivity index is 1.22. The predicted octanol–water partition coefficient (Wildman–Crippen LogP) is 3.41. The first-order chi connectivity index (χ1) is 14.4. The van der Waals surface area contributed by atoms with Crippen LogP contribution in [-0.2, 0) is 13.0 Å². The fraction of sp³-hybridized carbons (Fsp3) is 0.550. The third-order valence-electron chi connectivity index (χ3n) is 6.19. The number of rotatable bonds is 4. The summed E-state index contributed by atoms with van der Waals surface area (Å²) in [6, 6.07) is 6.54. The van der Waals surface area contributed by atoms with Crippen molar-refractivity contribution in [1.29, 1.82) is 0 Å². The van der Waals surface area contributed by atoms with Crippen LogP contribution >= 0.6 is 22.1 Å². The SMILES string of the molecule is C[C@@H](c1ccc2c(c1)OCO2)N1CCN(c2nc3c(s2)CN(S(C)(O)O)CC3)CC1. The van der Waals surface area contributed by atoms with Crippen molar-refractivity contribution in [1.82, 2.24) is 14.2 Å². The lowest BCUT2D eigenvalue weighted by Gasteiger charge is -2.41. The monoisotopic (exact) mass is 452 g/mol. The molecule has 0 aliphatic carbocycles. The lowest BCUT2D eigenvalue weighted by Crippen LogP contribution is -2.47. The summed E-state index contributed by atoms with van der Waals surface area (Å²) in [5.41, 5.74) is 2.36. The van der Waals surface area contributed by atoms with Gasteiger partial charge in [-0.1, -0.05) is 6.07 Å². The van der Waals surface area contributed by atoms with Gasteiger partial charge in [-0.3, -0.25) is 14.0 Å². The molecule has 2 aromatic rings. The number of thiazole rings is 1. The molecule has 1 saturated heterocycles. The van der Waals surface area contributed by atoms with E-state index in [4.69, 9.17) is 14.5 Å². The second-order valence-electron chi connectivity index (χ2n) is 8.08. The molecule has 4 heterocycles. The van der Waals surface area contributed by atoms with Crippen LogP contribution in [0.5, 0.6) is 11.5 Å². The lowest BCUT2D eigenvalue weighted by atomic mass is 10.1. The lowest BCUT2D eigenvalue weighted by molar-refractivity contribution is 0.173. The summed E-state index contributed by atoms with van der Waals surface area (Å²) in [6.45, 7) is 7.60. The van der Waals surface area contributed by atoms with E-state index in [0.29, 0.717) is 25.9 Å². The van der Waals surface area contributed by atoms with Crippen molar-refractivity contribution in [3.63, 3.8) is 0 Å². The number of piperazine rings is 1. The van der Waals surface area contributed by atoms with E-state index in [-0.39, 0.29) is 0 Å². The largest absolute Gasteiger partial charge is 0.454 e. The normalized spacial score (nSPS) is 21.5. The summed E-state index contributed by atoms with van der Waals surface area (Å²) < 4.78 is 32.7. The van der Waals surface area contributed by atoms with Crippen LogP contribution in [0.25, 0.3) is 0 Å². The topological polar surface area (TPSA) is 81.5 Å². The molecule has 1 aromatic carbocycles. The molecule has 0 amide bonds. The summed E-state index contributed by atoms with van der Waals surface area (Å²) >= 11 is 1.70. The van der Waals surface area contributed by atoms with Gasteiger partial charge < -0.3 is 14.4 Å². The van der Waals surface area contributed by atoms with Gasteiger partial charge in [0.25, 0.3) is 0 Å². The van der Waals surface area contributed by atoms with Gasteiger partial charge in [0.05, 0.1) is 12.2 Å². The zero-order chi connectivity index (χ0) is 20.9. The van der Waals surface area contributed by atoms with E-state index in [1.165, 1.54) is 11.8 Å². The zero-order valence-electron chi connectivity index (χ0n) is 17.3. The molecule has 10 heteroatoms. The van der Waals surface area contributed by atoms with Gasteiger partial charge in [0.2, 0.25) is 6.79 Å². The van der Waals surface area contributed by atoms with Crippen LogP contribution in [-0.4, -0.2) is 69.1 Å². The highest BCUT2D eigenvalue weighted by molar-refractivity contribution is 8.21. The van der Waals surface area contributed by atoms with Crippen LogP contribution in [0.1, 0.15) is 29.1 Å². The molecule has 3 aliphatic heterocycles. The summed E-state index contributed by atoms with van der Waals surface area (Å²) in [5, 5.41) is 1.06. The van der Waals surface area contributed by atoms with Crippen LogP contribution in [0.3, 0.4) is 0 Å². The Hall–Kier alpha value is -1.56. The number of nitrogens with zero attached hydrogens (tertiary/aromatic N) is 4. The maximum Gasteiger partial charge on any atom is 0.231 e.